The second kappa shape index (κ2) is 13.5. The lowest BCUT2D eigenvalue weighted by molar-refractivity contribution is 1.18. The van der Waals surface area contributed by atoms with Crippen molar-refractivity contribution in [3.05, 3.63) is 194 Å². The van der Waals surface area contributed by atoms with Crippen molar-refractivity contribution in [1.82, 2.24) is 9.97 Å². The minimum Gasteiger partial charge on any atom is -0.228 e. The van der Waals surface area contributed by atoms with Crippen LogP contribution in [0.5, 0.6) is 0 Å². The first-order valence-corrected chi connectivity index (χ1v) is 20.4. The van der Waals surface area contributed by atoms with Crippen LogP contribution in [-0.2, 0) is 0 Å². The van der Waals surface area contributed by atoms with Gasteiger partial charge in [0.05, 0.1) is 11.4 Å². The topological polar surface area (TPSA) is 25.8 Å². The quantitative estimate of drug-likeness (QED) is 0.169. The molecule has 0 atom stereocenters. The molecule has 0 radical (unpaired) electrons. The molecule has 0 N–H and O–H groups in total. The minimum absolute atomic E-state index is 0.704. The molecule has 0 fully saturated rings. The van der Waals surface area contributed by atoms with Crippen LogP contribution in [0.4, 0.5) is 0 Å². The average Bonchev–Trinajstić information content (AvgIpc) is 3.86. The smallest absolute Gasteiger partial charge is 0.160 e. The highest BCUT2D eigenvalue weighted by Crippen LogP contribution is 2.45. The Labute approximate surface area is 332 Å². The standard InChI is InChI=1S/C52H32N2S2/c1-3-13-33(14-4-1)34-25-27-35(28-26-34)46-32-47(54-52(53-46)36-15-5-2-6-16-36)39-30-37(40-19-11-21-44-42-17-7-9-23-48(42)55-50(40)44)29-38(31-39)41-20-12-22-45-43-18-8-10-24-49(43)56-51(41)45/h1-32H. The summed E-state index contributed by atoms with van der Waals surface area (Å²) in [5.74, 6) is 0.704. The summed E-state index contributed by atoms with van der Waals surface area (Å²) < 4.78 is 5.19. The van der Waals surface area contributed by atoms with E-state index in [0.29, 0.717) is 5.82 Å². The Morgan fingerprint density at radius 2 is 0.714 bits per heavy atom. The number of hydrogen-bond donors (Lipinski definition) is 0. The van der Waals surface area contributed by atoms with E-state index in [-0.39, 0.29) is 0 Å². The Hall–Kier alpha value is -6.72. The SMILES string of the molecule is c1ccc(-c2ccc(-c3cc(-c4cc(-c5cccc6c5sc5ccccc56)cc(-c5cccc6c5sc5ccccc56)c4)nc(-c4ccccc4)n3)cc2)cc1. The predicted molar refractivity (Wildman–Crippen MR) is 240 cm³/mol. The normalized spacial score (nSPS) is 11.6. The van der Waals surface area contributed by atoms with E-state index in [1.165, 1.54) is 73.7 Å². The van der Waals surface area contributed by atoms with E-state index in [2.05, 4.69) is 188 Å². The van der Waals surface area contributed by atoms with E-state index in [1.807, 2.05) is 28.7 Å². The van der Waals surface area contributed by atoms with E-state index in [1.54, 1.807) is 0 Å². The maximum atomic E-state index is 5.32. The highest BCUT2D eigenvalue weighted by molar-refractivity contribution is 7.26. The first-order chi connectivity index (χ1) is 27.7. The molecule has 11 rings (SSSR count). The van der Waals surface area contributed by atoms with Gasteiger partial charge in [0.1, 0.15) is 0 Å². The Bertz CT molecular complexity index is 3100. The molecule has 0 aliphatic carbocycles. The molecule has 0 saturated heterocycles. The van der Waals surface area contributed by atoms with Gasteiger partial charge in [-0.15, -0.1) is 22.7 Å². The van der Waals surface area contributed by atoms with Crippen molar-refractivity contribution in [2.45, 2.75) is 0 Å². The molecule has 3 aromatic heterocycles. The largest absolute Gasteiger partial charge is 0.228 e. The first-order valence-electron chi connectivity index (χ1n) is 18.8. The van der Waals surface area contributed by atoms with Crippen LogP contribution in [0.3, 0.4) is 0 Å². The zero-order chi connectivity index (χ0) is 37.0. The van der Waals surface area contributed by atoms with E-state index in [0.717, 1.165) is 28.1 Å². The van der Waals surface area contributed by atoms with Crippen LogP contribution in [0.25, 0.3) is 108 Å². The average molecular weight is 749 g/mol. The third kappa shape index (κ3) is 5.70. The van der Waals surface area contributed by atoms with Crippen molar-refractivity contribution < 1.29 is 0 Å². The summed E-state index contributed by atoms with van der Waals surface area (Å²) in [5.41, 5.74) is 12.0. The molecule has 0 unspecified atom stereocenters. The summed E-state index contributed by atoms with van der Waals surface area (Å²) in [4.78, 5) is 10.5. The third-order valence-corrected chi connectivity index (χ3v) is 13.1. The summed E-state index contributed by atoms with van der Waals surface area (Å²) in [6.07, 6.45) is 0. The van der Waals surface area contributed by atoms with Gasteiger partial charge in [-0.3, -0.25) is 0 Å². The molecule has 0 bridgehead atoms. The highest BCUT2D eigenvalue weighted by Gasteiger charge is 2.18. The summed E-state index contributed by atoms with van der Waals surface area (Å²) in [5, 5.41) is 5.17. The molecule has 4 heteroatoms. The van der Waals surface area contributed by atoms with Crippen LogP contribution in [0.15, 0.2) is 194 Å². The van der Waals surface area contributed by atoms with Gasteiger partial charge in [0.15, 0.2) is 5.82 Å². The summed E-state index contributed by atoms with van der Waals surface area (Å²) >= 11 is 3.73. The van der Waals surface area contributed by atoms with Gasteiger partial charge < -0.3 is 0 Å². The molecule has 0 saturated carbocycles. The second-order valence-corrected chi connectivity index (χ2v) is 16.2. The van der Waals surface area contributed by atoms with Gasteiger partial charge >= 0.3 is 0 Å². The molecule has 0 aliphatic rings. The van der Waals surface area contributed by atoms with E-state index < -0.39 is 0 Å². The zero-order valence-corrected chi connectivity index (χ0v) is 31.8. The van der Waals surface area contributed by atoms with E-state index >= 15 is 0 Å². The molecule has 8 aromatic carbocycles. The molecule has 0 amide bonds. The van der Waals surface area contributed by atoms with Crippen molar-refractivity contribution in [2.24, 2.45) is 0 Å². The molecule has 56 heavy (non-hydrogen) atoms. The maximum absolute atomic E-state index is 5.32. The lowest BCUT2D eigenvalue weighted by Gasteiger charge is -2.14. The lowest BCUT2D eigenvalue weighted by atomic mass is 9.93. The van der Waals surface area contributed by atoms with Gasteiger partial charge in [0.2, 0.25) is 0 Å². The van der Waals surface area contributed by atoms with Crippen LogP contribution >= 0.6 is 22.7 Å². The fraction of sp³-hybridized carbons (Fsp3) is 0. The fourth-order valence-corrected chi connectivity index (χ4v) is 10.4. The van der Waals surface area contributed by atoms with Crippen molar-refractivity contribution in [3.63, 3.8) is 0 Å². The van der Waals surface area contributed by atoms with E-state index in [4.69, 9.17) is 9.97 Å². The molecular weight excluding hydrogens is 717 g/mol. The first kappa shape index (κ1) is 32.7. The summed E-state index contributed by atoms with van der Waals surface area (Å²) in [7, 11) is 0. The molecular formula is C52H32N2S2. The molecule has 2 nitrogen and oxygen atoms in total. The fourth-order valence-electron chi connectivity index (χ4n) is 7.96. The maximum Gasteiger partial charge on any atom is 0.160 e. The van der Waals surface area contributed by atoms with Crippen molar-refractivity contribution >= 4 is 63.0 Å². The number of aromatic nitrogens is 2. The number of thiophene rings is 2. The highest BCUT2D eigenvalue weighted by atomic mass is 32.1. The van der Waals surface area contributed by atoms with Crippen LogP contribution < -0.4 is 0 Å². The Morgan fingerprint density at radius 3 is 1.29 bits per heavy atom. The summed E-state index contributed by atoms with van der Waals surface area (Å²) in [6.45, 7) is 0. The second-order valence-electron chi connectivity index (χ2n) is 14.1. The molecule has 0 spiro atoms. The van der Waals surface area contributed by atoms with Crippen molar-refractivity contribution in [1.29, 1.82) is 0 Å². The van der Waals surface area contributed by atoms with Gasteiger partial charge in [-0.05, 0) is 69.8 Å². The number of nitrogens with zero attached hydrogens (tertiary/aromatic N) is 2. The number of rotatable bonds is 6. The monoisotopic (exact) mass is 748 g/mol. The molecule has 262 valence electrons. The van der Waals surface area contributed by atoms with Gasteiger partial charge in [-0.2, -0.15) is 0 Å². The van der Waals surface area contributed by atoms with Gasteiger partial charge in [0.25, 0.3) is 0 Å². The van der Waals surface area contributed by atoms with Gasteiger partial charge in [0, 0.05) is 57.0 Å². The predicted octanol–water partition coefficient (Wildman–Crippen LogP) is 15.2. The Morgan fingerprint density at radius 1 is 0.286 bits per heavy atom. The Kier molecular flexibility index (Phi) is 7.90. The number of hydrogen-bond acceptors (Lipinski definition) is 4. The minimum atomic E-state index is 0.704. The molecule has 11 aromatic rings. The number of benzene rings is 8. The molecule has 0 aliphatic heterocycles. The van der Waals surface area contributed by atoms with Crippen LogP contribution in [0.2, 0.25) is 0 Å². The third-order valence-electron chi connectivity index (χ3n) is 10.7. The molecule has 3 heterocycles. The van der Waals surface area contributed by atoms with Gasteiger partial charge in [-0.25, -0.2) is 9.97 Å². The van der Waals surface area contributed by atoms with Crippen molar-refractivity contribution in [2.75, 3.05) is 0 Å². The van der Waals surface area contributed by atoms with E-state index in [9.17, 15) is 0 Å². The van der Waals surface area contributed by atoms with Crippen LogP contribution in [0.1, 0.15) is 0 Å². The van der Waals surface area contributed by atoms with Crippen LogP contribution in [0, 0.1) is 0 Å². The van der Waals surface area contributed by atoms with Gasteiger partial charge in [-0.1, -0.05) is 158 Å². The Balaban J connectivity index is 1.15. The van der Waals surface area contributed by atoms with Crippen LogP contribution in [-0.4, -0.2) is 9.97 Å². The summed E-state index contributed by atoms with van der Waals surface area (Å²) in [6, 6.07) is 69.7. The zero-order valence-electron chi connectivity index (χ0n) is 30.2. The number of fused-ring (bicyclic) bond motifs is 6. The van der Waals surface area contributed by atoms with Crippen molar-refractivity contribution in [3.8, 4) is 67.3 Å². The lowest BCUT2D eigenvalue weighted by Crippen LogP contribution is -1.96.